The lowest BCUT2D eigenvalue weighted by Crippen LogP contribution is -2.38. The van der Waals surface area contributed by atoms with E-state index in [4.69, 9.17) is 0 Å². The van der Waals surface area contributed by atoms with E-state index >= 15 is 0 Å². The number of nitrogens with one attached hydrogen (secondary N) is 1. The predicted molar refractivity (Wildman–Crippen MR) is 78.0 cm³/mol. The van der Waals surface area contributed by atoms with Crippen molar-refractivity contribution in [3.8, 4) is 0 Å². The standard InChI is InChI=1S/C14H16F3N3O.ClH/c15-14(16,17)11-7-10(1-4-19-11)20-9-13(8-12(20)21)2-5-18-6-3-13;/h1,4,7,18H,2-3,5-6,8-9H2;1H. The van der Waals surface area contributed by atoms with Crippen molar-refractivity contribution >= 4 is 24.0 Å². The third-order valence-electron chi connectivity index (χ3n) is 4.33. The van der Waals surface area contributed by atoms with Crippen LogP contribution in [0, 0.1) is 5.41 Å². The Morgan fingerprint density at radius 2 is 1.95 bits per heavy atom. The molecule has 0 atom stereocenters. The summed E-state index contributed by atoms with van der Waals surface area (Å²) in [4.78, 5) is 17.0. The highest BCUT2D eigenvalue weighted by Gasteiger charge is 2.44. The summed E-state index contributed by atoms with van der Waals surface area (Å²) in [5.41, 5.74) is -0.763. The molecule has 4 nitrogen and oxygen atoms in total. The lowest BCUT2D eigenvalue weighted by atomic mass is 9.78. The van der Waals surface area contributed by atoms with E-state index in [1.165, 1.54) is 11.0 Å². The zero-order valence-corrected chi connectivity index (χ0v) is 12.6. The van der Waals surface area contributed by atoms with Crippen LogP contribution in [0.3, 0.4) is 0 Å². The highest BCUT2D eigenvalue weighted by Crippen LogP contribution is 2.41. The second kappa shape index (κ2) is 6.04. The van der Waals surface area contributed by atoms with Crippen LogP contribution < -0.4 is 10.2 Å². The van der Waals surface area contributed by atoms with E-state index in [9.17, 15) is 18.0 Å². The molecule has 2 aliphatic heterocycles. The lowest BCUT2D eigenvalue weighted by molar-refractivity contribution is -0.141. The topological polar surface area (TPSA) is 45.2 Å². The van der Waals surface area contributed by atoms with Crippen LogP contribution in [-0.2, 0) is 11.0 Å². The molecular weight excluding hydrogens is 319 g/mol. The molecule has 2 aliphatic rings. The quantitative estimate of drug-likeness (QED) is 0.858. The number of halogens is 4. The molecule has 2 saturated heterocycles. The number of hydrogen-bond acceptors (Lipinski definition) is 3. The van der Waals surface area contributed by atoms with Crippen molar-refractivity contribution in [2.75, 3.05) is 24.5 Å². The molecule has 22 heavy (non-hydrogen) atoms. The molecule has 0 radical (unpaired) electrons. The summed E-state index contributed by atoms with van der Waals surface area (Å²) < 4.78 is 38.2. The average Bonchev–Trinajstić information content (AvgIpc) is 2.75. The zero-order valence-electron chi connectivity index (χ0n) is 11.8. The summed E-state index contributed by atoms with van der Waals surface area (Å²) in [6.45, 7) is 2.20. The van der Waals surface area contributed by atoms with Crippen LogP contribution in [0.5, 0.6) is 0 Å². The van der Waals surface area contributed by atoms with Crippen LogP contribution in [0.4, 0.5) is 18.9 Å². The Morgan fingerprint density at radius 1 is 1.27 bits per heavy atom. The monoisotopic (exact) mass is 335 g/mol. The molecule has 1 N–H and O–H groups in total. The van der Waals surface area contributed by atoms with Gasteiger partial charge in [0.2, 0.25) is 5.91 Å². The summed E-state index contributed by atoms with van der Waals surface area (Å²) >= 11 is 0. The summed E-state index contributed by atoms with van der Waals surface area (Å²) in [7, 11) is 0. The molecule has 0 bridgehead atoms. The molecule has 2 fully saturated rings. The molecule has 3 rings (SSSR count). The van der Waals surface area contributed by atoms with E-state index < -0.39 is 11.9 Å². The first kappa shape index (κ1) is 17.0. The van der Waals surface area contributed by atoms with Gasteiger partial charge in [0.25, 0.3) is 0 Å². The van der Waals surface area contributed by atoms with Crippen molar-refractivity contribution in [2.24, 2.45) is 5.41 Å². The SMILES string of the molecule is Cl.O=C1CC2(CCNCC2)CN1c1ccnc(C(F)(F)F)c1. The molecule has 1 aromatic rings. The van der Waals surface area contributed by atoms with E-state index in [0.29, 0.717) is 13.0 Å². The van der Waals surface area contributed by atoms with E-state index in [-0.39, 0.29) is 29.4 Å². The van der Waals surface area contributed by atoms with Gasteiger partial charge in [-0.2, -0.15) is 13.2 Å². The van der Waals surface area contributed by atoms with Gasteiger partial charge in [-0.05, 0) is 43.5 Å². The van der Waals surface area contributed by atoms with Crippen LogP contribution in [-0.4, -0.2) is 30.5 Å². The van der Waals surface area contributed by atoms with E-state index in [1.54, 1.807) is 0 Å². The number of carbonyl (C=O) groups is 1. The van der Waals surface area contributed by atoms with E-state index in [2.05, 4.69) is 10.3 Å². The second-order valence-corrected chi connectivity index (χ2v) is 5.80. The molecule has 0 saturated carbocycles. The molecule has 122 valence electrons. The van der Waals surface area contributed by atoms with Gasteiger partial charge < -0.3 is 10.2 Å². The van der Waals surface area contributed by atoms with Crippen molar-refractivity contribution in [3.05, 3.63) is 24.0 Å². The molecule has 0 aliphatic carbocycles. The maximum Gasteiger partial charge on any atom is 0.433 e. The summed E-state index contributed by atoms with van der Waals surface area (Å²) in [5, 5.41) is 3.25. The molecular formula is C14H17ClF3N3O. The molecule has 1 amide bonds. The second-order valence-electron chi connectivity index (χ2n) is 5.80. The average molecular weight is 336 g/mol. The first-order chi connectivity index (χ1) is 9.90. The molecule has 8 heteroatoms. The van der Waals surface area contributed by atoms with Gasteiger partial charge in [0, 0.05) is 24.8 Å². The number of rotatable bonds is 1. The first-order valence-electron chi connectivity index (χ1n) is 6.94. The Balaban J connectivity index is 0.00000176. The number of piperidine rings is 1. The molecule has 1 aromatic heterocycles. The Hall–Kier alpha value is -1.34. The van der Waals surface area contributed by atoms with Crippen molar-refractivity contribution in [3.63, 3.8) is 0 Å². The Kier molecular flexibility index (Phi) is 4.67. The van der Waals surface area contributed by atoms with Crippen molar-refractivity contribution in [2.45, 2.75) is 25.4 Å². The number of hydrogen-bond donors (Lipinski definition) is 1. The minimum atomic E-state index is -4.49. The van der Waals surface area contributed by atoms with Crippen LogP contribution in [0.15, 0.2) is 18.3 Å². The Labute approximate surface area is 132 Å². The Bertz CT molecular complexity index is 559. The summed E-state index contributed by atoms with van der Waals surface area (Å²) in [6, 6.07) is 2.42. The minimum absolute atomic E-state index is 0. The normalized spacial score (nSPS) is 21.0. The van der Waals surface area contributed by atoms with Gasteiger partial charge in [0.1, 0.15) is 5.69 Å². The molecule has 0 aromatic carbocycles. The predicted octanol–water partition coefficient (Wildman–Crippen LogP) is 2.63. The van der Waals surface area contributed by atoms with Crippen LogP contribution >= 0.6 is 12.4 Å². The number of amides is 1. The largest absolute Gasteiger partial charge is 0.433 e. The summed E-state index contributed by atoms with van der Waals surface area (Å²) in [6.07, 6.45) is -1.21. The number of aromatic nitrogens is 1. The summed E-state index contributed by atoms with van der Waals surface area (Å²) in [5.74, 6) is -0.101. The fourth-order valence-electron chi connectivity index (χ4n) is 3.17. The zero-order chi connectivity index (χ0) is 15.1. The number of nitrogens with zero attached hydrogens (tertiary/aromatic N) is 2. The van der Waals surface area contributed by atoms with Crippen molar-refractivity contribution in [1.29, 1.82) is 0 Å². The van der Waals surface area contributed by atoms with Crippen molar-refractivity contribution in [1.82, 2.24) is 10.3 Å². The number of carbonyl (C=O) groups excluding carboxylic acids is 1. The number of anilines is 1. The number of alkyl halides is 3. The maximum absolute atomic E-state index is 12.7. The Morgan fingerprint density at radius 3 is 2.59 bits per heavy atom. The third-order valence-corrected chi connectivity index (χ3v) is 4.33. The van der Waals surface area contributed by atoms with Gasteiger partial charge in [0.05, 0.1) is 0 Å². The van der Waals surface area contributed by atoms with Gasteiger partial charge >= 0.3 is 6.18 Å². The van der Waals surface area contributed by atoms with E-state index in [0.717, 1.165) is 38.2 Å². The van der Waals surface area contributed by atoms with Crippen LogP contribution in [0.2, 0.25) is 0 Å². The highest BCUT2D eigenvalue weighted by atomic mass is 35.5. The first-order valence-corrected chi connectivity index (χ1v) is 6.94. The van der Waals surface area contributed by atoms with Crippen molar-refractivity contribution < 1.29 is 18.0 Å². The molecule has 0 unspecified atom stereocenters. The van der Waals surface area contributed by atoms with Gasteiger partial charge in [-0.15, -0.1) is 12.4 Å². The van der Waals surface area contributed by atoms with E-state index in [1.807, 2.05) is 0 Å². The van der Waals surface area contributed by atoms with Gasteiger partial charge in [-0.25, -0.2) is 0 Å². The highest BCUT2D eigenvalue weighted by molar-refractivity contribution is 5.96. The fourth-order valence-corrected chi connectivity index (χ4v) is 3.17. The fraction of sp³-hybridized carbons (Fsp3) is 0.571. The van der Waals surface area contributed by atoms with Gasteiger partial charge in [-0.1, -0.05) is 0 Å². The smallest absolute Gasteiger partial charge is 0.317 e. The molecule has 1 spiro atoms. The number of pyridine rings is 1. The van der Waals surface area contributed by atoms with Crippen LogP contribution in [0.25, 0.3) is 0 Å². The van der Waals surface area contributed by atoms with Crippen LogP contribution in [0.1, 0.15) is 25.0 Å². The molecule has 3 heterocycles. The maximum atomic E-state index is 12.7. The minimum Gasteiger partial charge on any atom is -0.317 e. The van der Waals surface area contributed by atoms with Gasteiger partial charge in [-0.3, -0.25) is 9.78 Å². The lowest BCUT2D eigenvalue weighted by Gasteiger charge is -2.33. The van der Waals surface area contributed by atoms with Gasteiger partial charge in [0.15, 0.2) is 0 Å². The third kappa shape index (κ3) is 3.20.